The minimum atomic E-state index is -0.108. The topological polar surface area (TPSA) is 76.0 Å². The Kier molecular flexibility index (Phi) is 4.53. The van der Waals surface area contributed by atoms with Crippen LogP contribution in [0.1, 0.15) is 30.4 Å². The summed E-state index contributed by atoms with van der Waals surface area (Å²) in [5.74, 6) is 0.961. The molecule has 1 atom stereocenters. The molecule has 2 aromatic rings. The molecular formula is C15H21N5O2. The maximum atomic E-state index is 12.5. The molecule has 0 saturated carbocycles. The van der Waals surface area contributed by atoms with Crippen LogP contribution in [0.2, 0.25) is 0 Å². The minimum absolute atomic E-state index is 0.108. The number of amides is 1. The summed E-state index contributed by atoms with van der Waals surface area (Å²) in [5, 5.41) is 0. The lowest BCUT2D eigenvalue weighted by atomic mass is 10.1. The zero-order valence-electron chi connectivity index (χ0n) is 12.7. The summed E-state index contributed by atoms with van der Waals surface area (Å²) in [5.41, 5.74) is 0.994. The number of aryl methyl sites for hydroxylation is 2. The number of nitrogens with one attached hydrogen (secondary N) is 1. The number of H-pyrrole nitrogens is 1. The predicted molar refractivity (Wildman–Crippen MR) is 80.1 cm³/mol. The van der Waals surface area contributed by atoms with Gasteiger partial charge in [0.05, 0.1) is 19.5 Å². The molecule has 3 heterocycles. The van der Waals surface area contributed by atoms with E-state index in [1.807, 2.05) is 22.6 Å². The van der Waals surface area contributed by atoms with E-state index in [1.54, 1.807) is 18.7 Å². The Hall–Kier alpha value is -2.15. The van der Waals surface area contributed by atoms with E-state index in [0.29, 0.717) is 26.2 Å². The SMILES string of the molecule is Cc1cnc([C@@H]2COCCN2C(=O)CCCn2ccnc2)[nH]1. The van der Waals surface area contributed by atoms with Crippen LogP contribution in [0, 0.1) is 6.92 Å². The Labute approximate surface area is 129 Å². The lowest BCUT2D eigenvalue weighted by Gasteiger charge is -2.34. The molecule has 1 saturated heterocycles. The van der Waals surface area contributed by atoms with Gasteiger partial charge in [-0.2, -0.15) is 0 Å². The molecule has 1 amide bonds. The highest BCUT2D eigenvalue weighted by Crippen LogP contribution is 2.23. The third-order valence-corrected chi connectivity index (χ3v) is 3.85. The van der Waals surface area contributed by atoms with E-state index >= 15 is 0 Å². The normalized spacial score (nSPS) is 18.6. The van der Waals surface area contributed by atoms with Gasteiger partial charge in [0.25, 0.3) is 0 Å². The zero-order valence-corrected chi connectivity index (χ0v) is 12.7. The minimum Gasteiger partial charge on any atom is -0.377 e. The summed E-state index contributed by atoms with van der Waals surface area (Å²) in [6, 6.07) is -0.108. The quantitative estimate of drug-likeness (QED) is 0.903. The highest BCUT2D eigenvalue weighted by Gasteiger charge is 2.30. The van der Waals surface area contributed by atoms with Gasteiger partial charge in [0.1, 0.15) is 11.9 Å². The number of aromatic amines is 1. The smallest absolute Gasteiger partial charge is 0.223 e. The molecule has 2 aromatic heterocycles. The average molecular weight is 303 g/mol. The molecule has 1 fully saturated rings. The van der Waals surface area contributed by atoms with Crippen LogP contribution in [0.3, 0.4) is 0 Å². The van der Waals surface area contributed by atoms with Crippen LogP contribution in [-0.4, -0.2) is 50.1 Å². The molecule has 0 aliphatic carbocycles. The summed E-state index contributed by atoms with van der Waals surface area (Å²) in [6.07, 6.45) is 8.54. The van der Waals surface area contributed by atoms with Crippen LogP contribution in [0.5, 0.6) is 0 Å². The van der Waals surface area contributed by atoms with Gasteiger partial charge in [-0.1, -0.05) is 0 Å². The highest BCUT2D eigenvalue weighted by atomic mass is 16.5. The first-order valence-corrected chi connectivity index (χ1v) is 7.58. The van der Waals surface area contributed by atoms with E-state index in [0.717, 1.165) is 24.5 Å². The van der Waals surface area contributed by atoms with E-state index in [1.165, 1.54) is 0 Å². The fraction of sp³-hybridized carbons (Fsp3) is 0.533. The van der Waals surface area contributed by atoms with Crippen molar-refractivity contribution in [2.45, 2.75) is 32.4 Å². The Bertz CT molecular complexity index is 607. The predicted octanol–water partition coefficient (Wildman–Crippen LogP) is 1.29. The maximum Gasteiger partial charge on any atom is 0.223 e. The van der Waals surface area contributed by atoms with E-state index < -0.39 is 0 Å². The number of morpholine rings is 1. The van der Waals surface area contributed by atoms with Crippen LogP contribution in [0.4, 0.5) is 0 Å². The second-order valence-corrected chi connectivity index (χ2v) is 5.53. The number of imidazole rings is 2. The van der Waals surface area contributed by atoms with Gasteiger partial charge in [0.15, 0.2) is 0 Å². The Morgan fingerprint density at radius 2 is 2.45 bits per heavy atom. The lowest BCUT2D eigenvalue weighted by Crippen LogP contribution is -2.43. The summed E-state index contributed by atoms with van der Waals surface area (Å²) in [4.78, 5) is 26.0. The van der Waals surface area contributed by atoms with Crippen molar-refractivity contribution in [2.24, 2.45) is 0 Å². The zero-order chi connectivity index (χ0) is 15.4. The number of carbonyl (C=O) groups excluding carboxylic acids is 1. The van der Waals surface area contributed by atoms with E-state index in [4.69, 9.17) is 4.74 Å². The largest absolute Gasteiger partial charge is 0.377 e. The Balaban J connectivity index is 1.59. The second kappa shape index (κ2) is 6.74. The molecule has 7 nitrogen and oxygen atoms in total. The van der Waals surface area contributed by atoms with Gasteiger partial charge in [0, 0.05) is 43.8 Å². The number of rotatable bonds is 5. The molecule has 0 unspecified atom stereocenters. The van der Waals surface area contributed by atoms with E-state index in [9.17, 15) is 4.79 Å². The molecule has 7 heteroatoms. The van der Waals surface area contributed by atoms with Crippen LogP contribution in [0.15, 0.2) is 24.9 Å². The molecule has 0 spiro atoms. The fourth-order valence-electron chi connectivity index (χ4n) is 2.71. The van der Waals surface area contributed by atoms with Crippen molar-refractivity contribution in [3.63, 3.8) is 0 Å². The van der Waals surface area contributed by atoms with Crippen molar-refractivity contribution in [1.29, 1.82) is 0 Å². The number of nitrogens with zero attached hydrogens (tertiary/aromatic N) is 4. The van der Waals surface area contributed by atoms with Gasteiger partial charge in [0.2, 0.25) is 5.91 Å². The van der Waals surface area contributed by atoms with Crippen LogP contribution < -0.4 is 0 Å². The molecule has 1 aliphatic heterocycles. The van der Waals surface area contributed by atoms with Gasteiger partial charge in [-0.25, -0.2) is 9.97 Å². The summed E-state index contributed by atoms with van der Waals surface area (Å²) in [6.45, 7) is 4.47. The average Bonchev–Trinajstić information content (AvgIpc) is 3.19. The molecule has 118 valence electrons. The monoisotopic (exact) mass is 303 g/mol. The summed E-state index contributed by atoms with van der Waals surface area (Å²) >= 11 is 0. The standard InChI is InChI=1S/C15H21N5O2/c1-12-9-17-15(18-12)13-10-22-8-7-20(13)14(21)3-2-5-19-6-4-16-11-19/h4,6,9,11,13H,2-3,5,7-8,10H2,1H3,(H,17,18)/t13-/m0/s1. The number of aromatic nitrogens is 4. The summed E-state index contributed by atoms with van der Waals surface area (Å²) in [7, 11) is 0. The van der Waals surface area contributed by atoms with Crippen molar-refractivity contribution in [3.05, 3.63) is 36.4 Å². The van der Waals surface area contributed by atoms with Crippen LogP contribution in [-0.2, 0) is 16.1 Å². The number of carbonyl (C=O) groups is 1. The van der Waals surface area contributed by atoms with Crippen molar-refractivity contribution < 1.29 is 9.53 Å². The number of hydrogen-bond acceptors (Lipinski definition) is 4. The fourth-order valence-corrected chi connectivity index (χ4v) is 2.71. The van der Waals surface area contributed by atoms with Gasteiger partial charge in [-0.3, -0.25) is 4.79 Å². The van der Waals surface area contributed by atoms with Crippen LogP contribution in [0.25, 0.3) is 0 Å². The first kappa shape index (κ1) is 14.8. The molecule has 0 aromatic carbocycles. The Morgan fingerprint density at radius 3 is 3.18 bits per heavy atom. The van der Waals surface area contributed by atoms with Crippen molar-refractivity contribution >= 4 is 5.91 Å². The molecule has 3 rings (SSSR count). The van der Waals surface area contributed by atoms with Gasteiger partial charge in [-0.05, 0) is 13.3 Å². The molecular weight excluding hydrogens is 282 g/mol. The number of ether oxygens (including phenoxy) is 1. The van der Waals surface area contributed by atoms with Crippen LogP contribution >= 0.6 is 0 Å². The van der Waals surface area contributed by atoms with Gasteiger partial charge >= 0.3 is 0 Å². The highest BCUT2D eigenvalue weighted by molar-refractivity contribution is 5.76. The Morgan fingerprint density at radius 1 is 1.55 bits per heavy atom. The number of hydrogen-bond donors (Lipinski definition) is 1. The van der Waals surface area contributed by atoms with Crippen molar-refractivity contribution in [3.8, 4) is 0 Å². The third kappa shape index (κ3) is 3.36. The maximum absolute atomic E-state index is 12.5. The first-order chi connectivity index (χ1) is 10.7. The molecule has 1 aliphatic rings. The van der Waals surface area contributed by atoms with E-state index in [2.05, 4.69) is 15.0 Å². The van der Waals surface area contributed by atoms with Crippen molar-refractivity contribution in [1.82, 2.24) is 24.4 Å². The van der Waals surface area contributed by atoms with E-state index in [-0.39, 0.29) is 11.9 Å². The summed E-state index contributed by atoms with van der Waals surface area (Å²) < 4.78 is 7.51. The van der Waals surface area contributed by atoms with Crippen molar-refractivity contribution in [2.75, 3.05) is 19.8 Å². The second-order valence-electron chi connectivity index (χ2n) is 5.53. The first-order valence-electron chi connectivity index (χ1n) is 7.58. The molecule has 1 N–H and O–H groups in total. The molecule has 0 bridgehead atoms. The molecule has 22 heavy (non-hydrogen) atoms. The third-order valence-electron chi connectivity index (χ3n) is 3.85. The lowest BCUT2D eigenvalue weighted by molar-refractivity contribution is -0.140. The van der Waals surface area contributed by atoms with Gasteiger partial charge < -0.3 is 19.2 Å². The molecule has 0 radical (unpaired) electrons. The van der Waals surface area contributed by atoms with Gasteiger partial charge in [-0.15, -0.1) is 0 Å².